The molecule has 0 aliphatic carbocycles. The third kappa shape index (κ3) is 3.18. The molecule has 1 aromatic heterocycles. The molecule has 0 atom stereocenters. The van der Waals surface area contributed by atoms with Crippen molar-refractivity contribution in [1.29, 1.82) is 0 Å². The van der Waals surface area contributed by atoms with Crippen LogP contribution in [0.2, 0.25) is 0 Å². The summed E-state index contributed by atoms with van der Waals surface area (Å²) in [5.41, 5.74) is 3.25. The molecule has 0 spiro atoms. The molecule has 0 radical (unpaired) electrons. The Morgan fingerprint density at radius 1 is 1.08 bits per heavy atom. The maximum atomic E-state index is 12.9. The number of carbonyl (C=O) groups excluding carboxylic acids is 1. The van der Waals surface area contributed by atoms with Gasteiger partial charge in [0.25, 0.3) is 11.5 Å². The minimum absolute atomic E-state index is 0.0681. The summed E-state index contributed by atoms with van der Waals surface area (Å²) < 4.78 is 1.77. The lowest BCUT2D eigenvalue weighted by Crippen LogP contribution is -2.24. The lowest BCUT2D eigenvalue weighted by molar-refractivity contribution is 0.0827. The largest absolute Gasteiger partial charge is 0.345 e. The van der Waals surface area contributed by atoms with E-state index in [-0.39, 0.29) is 11.5 Å². The van der Waals surface area contributed by atoms with Crippen LogP contribution in [0.4, 0.5) is 0 Å². The van der Waals surface area contributed by atoms with E-state index in [9.17, 15) is 9.59 Å². The second-order valence-corrected chi connectivity index (χ2v) is 6.18. The fourth-order valence-corrected chi connectivity index (χ4v) is 2.85. The van der Waals surface area contributed by atoms with Gasteiger partial charge >= 0.3 is 0 Å². The van der Waals surface area contributed by atoms with Gasteiger partial charge in [0, 0.05) is 31.8 Å². The molecule has 3 aromatic rings. The maximum Gasteiger partial charge on any atom is 0.277 e. The van der Waals surface area contributed by atoms with E-state index in [1.54, 1.807) is 42.9 Å². The SMILES string of the molecule is CCCn1c(=O)c(-c2ccc(C(=O)N(C)C)cc2)nc2ccccc21. The Labute approximate surface area is 146 Å². The topological polar surface area (TPSA) is 55.2 Å². The highest BCUT2D eigenvalue weighted by Crippen LogP contribution is 2.19. The summed E-state index contributed by atoms with van der Waals surface area (Å²) in [6.45, 7) is 2.69. The van der Waals surface area contributed by atoms with Crippen LogP contribution >= 0.6 is 0 Å². The van der Waals surface area contributed by atoms with Crippen LogP contribution in [-0.2, 0) is 6.54 Å². The number of hydrogen-bond donors (Lipinski definition) is 0. The molecular weight excluding hydrogens is 314 g/mol. The smallest absolute Gasteiger partial charge is 0.277 e. The third-order valence-corrected chi connectivity index (χ3v) is 4.11. The van der Waals surface area contributed by atoms with Gasteiger partial charge in [0.15, 0.2) is 0 Å². The van der Waals surface area contributed by atoms with Crippen molar-refractivity contribution < 1.29 is 4.79 Å². The number of aryl methyl sites for hydroxylation is 1. The average molecular weight is 335 g/mol. The molecule has 3 rings (SSSR count). The number of hydrogen-bond acceptors (Lipinski definition) is 3. The molecule has 0 fully saturated rings. The van der Waals surface area contributed by atoms with Crippen molar-refractivity contribution in [1.82, 2.24) is 14.5 Å². The second-order valence-electron chi connectivity index (χ2n) is 6.18. The summed E-state index contributed by atoms with van der Waals surface area (Å²) in [5.74, 6) is -0.0681. The lowest BCUT2D eigenvalue weighted by atomic mass is 10.1. The van der Waals surface area contributed by atoms with E-state index in [0.29, 0.717) is 17.8 Å². The van der Waals surface area contributed by atoms with E-state index in [1.165, 1.54) is 4.90 Å². The number of aromatic nitrogens is 2. The van der Waals surface area contributed by atoms with Crippen LogP contribution in [0.3, 0.4) is 0 Å². The van der Waals surface area contributed by atoms with Crippen molar-refractivity contribution in [2.75, 3.05) is 14.1 Å². The van der Waals surface area contributed by atoms with E-state index < -0.39 is 0 Å². The summed E-state index contributed by atoms with van der Waals surface area (Å²) in [6.07, 6.45) is 0.865. The first kappa shape index (κ1) is 16.9. The number of nitrogens with zero attached hydrogens (tertiary/aromatic N) is 3. The van der Waals surface area contributed by atoms with Crippen molar-refractivity contribution in [3.8, 4) is 11.3 Å². The molecule has 5 heteroatoms. The first-order valence-electron chi connectivity index (χ1n) is 8.34. The van der Waals surface area contributed by atoms with E-state index in [4.69, 9.17) is 0 Å². The predicted molar refractivity (Wildman–Crippen MR) is 99.7 cm³/mol. The van der Waals surface area contributed by atoms with E-state index in [0.717, 1.165) is 23.0 Å². The minimum atomic E-state index is -0.104. The summed E-state index contributed by atoms with van der Waals surface area (Å²) >= 11 is 0. The number of amides is 1. The molecule has 2 aromatic carbocycles. The highest BCUT2D eigenvalue weighted by atomic mass is 16.2. The molecule has 25 heavy (non-hydrogen) atoms. The van der Waals surface area contributed by atoms with E-state index in [2.05, 4.69) is 4.98 Å². The lowest BCUT2D eigenvalue weighted by Gasteiger charge is -2.12. The Hall–Kier alpha value is -2.95. The van der Waals surface area contributed by atoms with Gasteiger partial charge in [-0.1, -0.05) is 31.2 Å². The number of fused-ring (bicyclic) bond motifs is 1. The van der Waals surface area contributed by atoms with Gasteiger partial charge in [-0.05, 0) is 30.7 Å². The van der Waals surface area contributed by atoms with Crippen LogP contribution in [0.5, 0.6) is 0 Å². The fourth-order valence-electron chi connectivity index (χ4n) is 2.85. The van der Waals surface area contributed by atoms with Gasteiger partial charge < -0.3 is 9.47 Å². The van der Waals surface area contributed by atoms with Crippen LogP contribution in [0, 0.1) is 0 Å². The zero-order valence-electron chi connectivity index (χ0n) is 14.7. The highest BCUT2D eigenvalue weighted by molar-refractivity contribution is 5.94. The second kappa shape index (κ2) is 6.89. The predicted octanol–water partition coefficient (Wildman–Crippen LogP) is 3.18. The molecule has 0 aliphatic heterocycles. The summed E-state index contributed by atoms with van der Waals surface area (Å²) in [6, 6.07) is 14.7. The molecule has 0 unspecified atom stereocenters. The molecule has 0 saturated carbocycles. The third-order valence-electron chi connectivity index (χ3n) is 4.11. The molecule has 1 amide bonds. The van der Waals surface area contributed by atoms with Gasteiger partial charge in [-0.25, -0.2) is 4.98 Å². The quantitative estimate of drug-likeness (QED) is 0.736. The molecule has 5 nitrogen and oxygen atoms in total. The molecule has 0 aliphatic rings. The average Bonchev–Trinajstić information content (AvgIpc) is 2.63. The molecule has 0 bridgehead atoms. The number of carbonyl (C=O) groups is 1. The van der Waals surface area contributed by atoms with Gasteiger partial charge in [0.05, 0.1) is 11.0 Å². The van der Waals surface area contributed by atoms with Crippen LogP contribution in [0.15, 0.2) is 53.3 Å². The van der Waals surface area contributed by atoms with Crippen molar-refractivity contribution in [3.05, 3.63) is 64.4 Å². The first-order valence-corrected chi connectivity index (χ1v) is 8.34. The van der Waals surface area contributed by atoms with Crippen LogP contribution in [0.1, 0.15) is 23.7 Å². The monoisotopic (exact) mass is 335 g/mol. The molecule has 128 valence electrons. The zero-order valence-corrected chi connectivity index (χ0v) is 14.7. The number of benzene rings is 2. The van der Waals surface area contributed by atoms with Crippen molar-refractivity contribution in [2.45, 2.75) is 19.9 Å². The molecule has 1 heterocycles. The van der Waals surface area contributed by atoms with E-state index >= 15 is 0 Å². The Morgan fingerprint density at radius 3 is 2.40 bits per heavy atom. The summed E-state index contributed by atoms with van der Waals surface area (Å²) in [7, 11) is 3.43. The first-order chi connectivity index (χ1) is 12.0. The number of rotatable bonds is 4. The van der Waals surface area contributed by atoms with Gasteiger partial charge in [-0.3, -0.25) is 9.59 Å². The fraction of sp³-hybridized carbons (Fsp3) is 0.250. The van der Waals surface area contributed by atoms with Gasteiger partial charge in [-0.15, -0.1) is 0 Å². The van der Waals surface area contributed by atoms with Crippen molar-refractivity contribution in [2.24, 2.45) is 0 Å². The normalized spacial score (nSPS) is 10.8. The minimum Gasteiger partial charge on any atom is -0.345 e. The van der Waals surface area contributed by atoms with Gasteiger partial charge in [0.2, 0.25) is 0 Å². The van der Waals surface area contributed by atoms with E-state index in [1.807, 2.05) is 31.2 Å². The van der Waals surface area contributed by atoms with Gasteiger partial charge in [0.1, 0.15) is 5.69 Å². The standard InChI is InChI=1S/C20H21N3O2/c1-4-13-23-17-8-6-5-7-16(17)21-18(20(23)25)14-9-11-15(12-10-14)19(24)22(2)3/h5-12H,4,13H2,1-3H3. The maximum absolute atomic E-state index is 12.9. The van der Waals surface area contributed by atoms with Gasteiger partial charge in [-0.2, -0.15) is 0 Å². The Bertz CT molecular complexity index is 972. The van der Waals surface area contributed by atoms with Crippen molar-refractivity contribution >= 4 is 16.9 Å². The molecular formula is C20H21N3O2. The molecule has 0 saturated heterocycles. The Balaban J connectivity index is 2.14. The highest BCUT2D eigenvalue weighted by Gasteiger charge is 2.13. The number of para-hydroxylation sites is 2. The Kier molecular flexibility index (Phi) is 4.65. The zero-order chi connectivity index (χ0) is 18.0. The Morgan fingerprint density at radius 2 is 1.76 bits per heavy atom. The molecule has 0 N–H and O–H groups in total. The van der Waals surface area contributed by atoms with Crippen LogP contribution < -0.4 is 5.56 Å². The summed E-state index contributed by atoms with van der Waals surface area (Å²) in [4.78, 5) is 31.0. The summed E-state index contributed by atoms with van der Waals surface area (Å²) in [5, 5.41) is 0. The van der Waals surface area contributed by atoms with Crippen molar-refractivity contribution in [3.63, 3.8) is 0 Å². The van der Waals surface area contributed by atoms with Crippen LogP contribution in [-0.4, -0.2) is 34.5 Å². The van der Waals surface area contributed by atoms with Crippen LogP contribution in [0.25, 0.3) is 22.3 Å².